The quantitative estimate of drug-likeness (QED) is 0.599. The Labute approximate surface area is 125 Å². The lowest BCUT2D eigenvalue weighted by molar-refractivity contribution is 0.0599. The highest BCUT2D eigenvalue weighted by atomic mass is 16.5. The van der Waals surface area contributed by atoms with Crippen LogP contribution in [0.15, 0.2) is 12.1 Å². The van der Waals surface area contributed by atoms with Gasteiger partial charge >= 0.3 is 5.97 Å². The van der Waals surface area contributed by atoms with Gasteiger partial charge in [-0.25, -0.2) is 9.78 Å². The van der Waals surface area contributed by atoms with Crippen molar-refractivity contribution in [3.63, 3.8) is 0 Å². The standard InChI is InChI=1S/C15H24N4O2/c1-12-13(15(20)21-2)4-5-14(18-12)17-6-3-9-19-10-7-16-8-11-19/h4-5,16H,3,6-11H2,1-2H3,(H,17,18). The fraction of sp³-hybridized carbons (Fsp3) is 0.600. The Morgan fingerprint density at radius 1 is 1.43 bits per heavy atom. The number of hydrogen-bond acceptors (Lipinski definition) is 6. The van der Waals surface area contributed by atoms with Crippen LogP contribution in [-0.4, -0.2) is 62.2 Å². The van der Waals surface area contributed by atoms with E-state index in [-0.39, 0.29) is 5.97 Å². The predicted molar refractivity (Wildman–Crippen MR) is 82.7 cm³/mol. The SMILES string of the molecule is COC(=O)c1ccc(NCCCN2CCNCC2)nc1C. The van der Waals surface area contributed by atoms with E-state index >= 15 is 0 Å². The minimum absolute atomic E-state index is 0.342. The van der Waals surface area contributed by atoms with E-state index in [9.17, 15) is 4.79 Å². The summed E-state index contributed by atoms with van der Waals surface area (Å²) in [6.45, 7) is 8.24. The molecule has 0 spiro atoms. The van der Waals surface area contributed by atoms with E-state index in [2.05, 4.69) is 20.5 Å². The zero-order valence-electron chi connectivity index (χ0n) is 12.8. The van der Waals surface area contributed by atoms with Crippen molar-refractivity contribution in [3.8, 4) is 0 Å². The molecule has 2 heterocycles. The number of carbonyl (C=O) groups is 1. The van der Waals surface area contributed by atoms with Crippen LogP contribution in [-0.2, 0) is 4.74 Å². The van der Waals surface area contributed by atoms with Gasteiger partial charge in [0, 0.05) is 32.7 Å². The summed E-state index contributed by atoms with van der Waals surface area (Å²) in [6.07, 6.45) is 1.08. The molecule has 0 amide bonds. The van der Waals surface area contributed by atoms with Crippen molar-refractivity contribution in [1.82, 2.24) is 15.2 Å². The number of esters is 1. The smallest absolute Gasteiger partial charge is 0.339 e. The van der Waals surface area contributed by atoms with Crippen molar-refractivity contribution in [2.24, 2.45) is 0 Å². The second-order valence-electron chi connectivity index (χ2n) is 5.19. The monoisotopic (exact) mass is 292 g/mol. The first-order chi connectivity index (χ1) is 10.2. The van der Waals surface area contributed by atoms with Crippen LogP contribution in [0.25, 0.3) is 0 Å². The predicted octanol–water partition coefficient (Wildman–Crippen LogP) is 0.884. The maximum absolute atomic E-state index is 11.5. The van der Waals surface area contributed by atoms with E-state index in [1.807, 2.05) is 13.0 Å². The fourth-order valence-corrected chi connectivity index (χ4v) is 2.44. The van der Waals surface area contributed by atoms with Crippen LogP contribution in [0.3, 0.4) is 0 Å². The zero-order valence-corrected chi connectivity index (χ0v) is 12.8. The van der Waals surface area contributed by atoms with Crippen LogP contribution < -0.4 is 10.6 Å². The molecular weight excluding hydrogens is 268 g/mol. The topological polar surface area (TPSA) is 66.5 Å². The second-order valence-corrected chi connectivity index (χ2v) is 5.19. The third-order valence-electron chi connectivity index (χ3n) is 3.66. The van der Waals surface area contributed by atoms with Gasteiger partial charge in [-0.2, -0.15) is 0 Å². The van der Waals surface area contributed by atoms with Crippen molar-refractivity contribution in [2.45, 2.75) is 13.3 Å². The molecule has 1 aliphatic rings. The van der Waals surface area contributed by atoms with Gasteiger partial charge in [0.15, 0.2) is 0 Å². The minimum Gasteiger partial charge on any atom is -0.465 e. The molecule has 2 N–H and O–H groups in total. The molecule has 6 nitrogen and oxygen atoms in total. The van der Waals surface area contributed by atoms with Crippen molar-refractivity contribution in [1.29, 1.82) is 0 Å². The highest BCUT2D eigenvalue weighted by Crippen LogP contribution is 2.11. The summed E-state index contributed by atoms with van der Waals surface area (Å²) in [5.41, 5.74) is 1.21. The summed E-state index contributed by atoms with van der Waals surface area (Å²) >= 11 is 0. The summed E-state index contributed by atoms with van der Waals surface area (Å²) in [5.74, 6) is 0.464. The molecule has 0 unspecified atom stereocenters. The highest BCUT2D eigenvalue weighted by molar-refractivity contribution is 5.90. The number of methoxy groups -OCH3 is 1. The molecular formula is C15H24N4O2. The molecule has 1 aromatic rings. The first kappa shape index (κ1) is 15.7. The van der Waals surface area contributed by atoms with E-state index < -0.39 is 0 Å². The fourth-order valence-electron chi connectivity index (χ4n) is 2.44. The first-order valence-electron chi connectivity index (χ1n) is 7.43. The number of ether oxygens (including phenoxy) is 1. The van der Waals surface area contributed by atoms with E-state index in [0.29, 0.717) is 11.3 Å². The van der Waals surface area contributed by atoms with Gasteiger partial charge in [0.25, 0.3) is 0 Å². The number of aryl methyl sites for hydroxylation is 1. The molecule has 0 bridgehead atoms. The first-order valence-corrected chi connectivity index (χ1v) is 7.43. The van der Waals surface area contributed by atoms with Crippen molar-refractivity contribution >= 4 is 11.8 Å². The average molecular weight is 292 g/mol. The maximum Gasteiger partial charge on any atom is 0.339 e. The Kier molecular flexibility index (Phi) is 5.95. The Bertz CT molecular complexity index is 473. The molecule has 0 atom stereocenters. The lowest BCUT2D eigenvalue weighted by Crippen LogP contribution is -2.44. The van der Waals surface area contributed by atoms with Crippen LogP contribution in [0.1, 0.15) is 22.5 Å². The normalized spacial score (nSPS) is 15.7. The second kappa shape index (κ2) is 7.95. The van der Waals surface area contributed by atoms with Crippen LogP contribution in [0.2, 0.25) is 0 Å². The van der Waals surface area contributed by atoms with Gasteiger partial charge in [0.2, 0.25) is 0 Å². The lowest BCUT2D eigenvalue weighted by atomic mass is 10.2. The molecule has 6 heteroatoms. The van der Waals surface area contributed by atoms with Crippen molar-refractivity contribution in [2.75, 3.05) is 51.7 Å². The van der Waals surface area contributed by atoms with Crippen LogP contribution in [0.4, 0.5) is 5.82 Å². The van der Waals surface area contributed by atoms with Crippen LogP contribution >= 0.6 is 0 Å². The number of nitrogens with zero attached hydrogens (tertiary/aromatic N) is 2. The van der Waals surface area contributed by atoms with E-state index in [1.54, 1.807) is 6.07 Å². The third kappa shape index (κ3) is 4.68. The highest BCUT2D eigenvalue weighted by Gasteiger charge is 2.11. The van der Waals surface area contributed by atoms with Gasteiger partial charge in [-0.05, 0) is 32.0 Å². The Hall–Kier alpha value is -1.66. The number of hydrogen-bond donors (Lipinski definition) is 2. The number of piperazine rings is 1. The number of carbonyl (C=O) groups excluding carboxylic acids is 1. The van der Waals surface area contributed by atoms with Gasteiger partial charge in [-0.1, -0.05) is 0 Å². The van der Waals surface area contributed by atoms with Crippen molar-refractivity contribution in [3.05, 3.63) is 23.4 Å². The molecule has 1 saturated heterocycles. The molecule has 1 aliphatic heterocycles. The van der Waals surface area contributed by atoms with Crippen LogP contribution in [0, 0.1) is 6.92 Å². The molecule has 1 fully saturated rings. The summed E-state index contributed by atoms with van der Waals surface area (Å²) in [7, 11) is 1.38. The molecule has 0 aromatic carbocycles. The average Bonchev–Trinajstić information content (AvgIpc) is 2.52. The van der Waals surface area contributed by atoms with Crippen molar-refractivity contribution < 1.29 is 9.53 Å². The number of nitrogens with one attached hydrogen (secondary N) is 2. The molecule has 0 aliphatic carbocycles. The zero-order chi connectivity index (χ0) is 15.1. The Morgan fingerprint density at radius 2 is 2.19 bits per heavy atom. The Balaban J connectivity index is 1.75. The van der Waals surface area contributed by atoms with Gasteiger partial charge < -0.3 is 20.3 Å². The number of aromatic nitrogens is 1. The molecule has 0 saturated carbocycles. The maximum atomic E-state index is 11.5. The minimum atomic E-state index is -0.342. The Morgan fingerprint density at radius 3 is 2.86 bits per heavy atom. The van der Waals surface area contributed by atoms with E-state index in [1.165, 1.54) is 7.11 Å². The molecule has 116 valence electrons. The van der Waals surface area contributed by atoms with Gasteiger partial charge in [-0.3, -0.25) is 0 Å². The molecule has 0 radical (unpaired) electrons. The number of rotatable bonds is 6. The third-order valence-corrected chi connectivity index (χ3v) is 3.66. The largest absolute Gasteiger partial charge is 0.465 e. The molecule has 1 aromatic heterocycles. The number of pyridine rings is 1. The summed E-state index contributed by atoms with van der Waals surface area (Å²) in [5, 5.41) is 6.66. The van der Waals surface area contributed by atoms with Gasteiger partial charge in [0.1, 0.15) is 5.82 Å². The molecule has 2 rings (SSSR count). The summed E-state index contributed by atoms with van der Waals surface area (Å²) in [4.78, 5) is 18.3. The van der Waals surface area contributed by atoms with Gasteiger partial charge in [0.05, 0.1) is 18.4 Å². The lowest BCUT2D eigenvalue weighted by Gasteiger charge is -2.27. The summed E-state index contributed by atoms with van der Waals surface area (Å²) in [6, 6.07) is 3.58. The summed E-state index contributed by atoms with van der Waals surface area (Å²) < 4.78 is 4.71. The van der Waals surface area contributed by atoms with E-state index in [4.69, 9.17) is 4.74 Å². The number of anilines is 1. The van der Waals surface area contributed by atoms with E-state index in [0.717, 1.165) is 51.5 Å². The molecule has 21 heavy (non-hydrogen) atoms. The van der Waals surface area contributed by atoms with Crippen LogP contribution in [0.5, 0.6) is 0 Å². The van der Waals surface area contributed by atoms with Gasteiger partial charge in [-0.15, -0.1) is 0 Å².